The fourth-order valence-electron chi connectivity index (χ4n) is 1.54. The molecule has 0 aliphatic heterocycles. The van der Waals surface area contributed by atoms with Crippen molar-refractivity contribution in [3.63, 3.8) is 0 Å². The van der Waals surface area contributed by atoms with E-state index >= 15 is 0 Å². The van der Waals surface area contributed by atoms with Gasteiger partial charge in [-0.05, 0) is 25.1 Å². The lowest BCUT2D eigenvalue weighted by Gasteiger charge is -2.10. The highest BCUT2D eigenvalue weighted by atomic mass is 35.5. The molecular weight excluding hydrogens is 294 g/mol. The molecule has 0 fully saturated rings. The minimum Gasteiger partial charge on any atom is -0.462 e. The molecule has 0 aliphatic rings. The predicted octanol–water partition coefficient (Wildman–Crippen LogP) is 3.28. The van der Waals surface area contributed by atoms with Crippen molar-refractivity contribution in [2.24, 2.45) is 0 Å². The first kappa shape index (κ1) is 16.4. The Labute approximate surface area is 119 Å². The fourth-order valence-corrected chi connectivity index (χ4v) is 1.71. The molecule has 0 bridgehead atoms. The van der Waals surface area contributed by atoms with E-state index in [2.05, 4.69) is 4.74 Å². The molecule has 0 saturated carbocycles. The Balaban J connectivity index is 3.15. The van der Waals surface area contributed by atoms with Crippen LogP contribution in [0.4, 0.5) is 8.78 Å². The zero-order valence-corrected chi connectivity index (χ0v) is 11.5. The van der Waals surface area contributed by atoms with Crippen LogP contribution < -0.4 is 4.74 Å². The molecule has 0 radical (unpaired) electrons. The largest absolute Gasteiger partial charge is 0.462 e. The lowest BCUT2D eigenvalue weighted by molar-refractivity contribution is -0.0499. The number of benzene rings is 1. The van der Waals surface area contributed by atoms with E-state index in [9.17, 15) is 18.4 Å². The van der Waals surface area contributed by atoms with Crippen molar-refractivity contribution < 1.29 is 27.8 Å². The summed E-state index contributed by atoms with van der Waals surface area (Å²) in [6, 6.07) is 3.50. The maximum absolute atomic E-state index is 12.2. The number of carbonyl (C=O) groups is 2. The van der Waals surface area contributed by atoms with Crippen molar-refractivity contribution in [2.45, 2.75) is 20.0 Å². The van der Waals surface area contributed by atoms with Crippen molar-refractivity contribution >= 4 is 23.4 Å². The maximum Gasteiger partial charge on any atom is 0.387 e. The van der Waals surface area contributed by atoms with E-state index in [1.54, 1.807) is 6.92 Å². The Bertz CT molecular complexity index is 491. The minimum atomic E-state index is -3.02. The first-order chi connectivity index (χ1) is 9.49. The Morgan fingerprint density at radius 2 is 2.00 bits per heavy atom. The number of ether oxygens (including phenoxy) is 2. The topological polar surface area (TPSA) is 52.6 Å². The highest BCUT2D eigenvalue weighted by molar-refractivity contribution is 6.20. The van der Waals surface area contributed by atoms with Gasteiger partial charge in [0.15, 0.2) is 5.78 Å². The molecule has 0 heterocycles. The molecule has 0 aliphatic carbocycles. The van der Waals surface area contributed by atoms with Crippen molar-refractivity contribution in [3.8, 4) is 5.75 Å². The van der Waals surface area contributed by atoms with E-state index in [1.807, 2.05) is 0 Å². The van der Waals surface area contributed by atoms with Gasteiger partial charge in [0, 0.05) is 17.9 Å². The van der Waals surface area contributed by atoms with Gasteiger partial charge < -0.3 is 9.47 Å². The summed E-state index contributed by atoms with van der Waals surface area (Å²) in [6.45, 7) is -1.33. The van der Waals surface area contributed by atoms with Crippen molar-refractivity contribution in [2.75, 3.05) is 12.5 Å². The second-order valence-corrected chi connectivity index (χ2v) is 4.05. The van der Waals surface area contributed by atoms with Gasteiger partial charge in [0.1, 0.15) is 5.75 Å². The van der Waals surface area contributed by atoms with Crippen molar-refractivity contribution in [1.29, 1.82) is 0 Å². The van der Waals surface area contributed by atoms with E-state index in [-0.39, 0.29) is 41.6 Å². The number of hydrogen-bond acceptors (Lipinski definition) is 4. The average Bonchev–Trinajstić information content (AvgIpc) is 2.38. The van der Waals surface area contributed by atoms with Crippen LogP contribution in [0.3, 0.4) is 0 Å². The summed E-state index contributed by atoms with van der Waals surface area (Å²) >= 11 is 5.48. The van der Waals surface area contributed by atoms with Gasteiger partial charge in [0.25, 0.3) is 0 Å². The lowest BCUT2D eigenvalue weighted by Crippen LogP contribution is -2.13. The number of esters is 1. The van der Waals surface area contributed by atoms with Gasteiger partial charge in [0.2, 0.25) is 0 Å². The van der Waals surface area contributed by atoms with Crippen LogP contribution in [0.1, 0.15) is 34.1 Å². The predicted molar refractivity (Wildman–Crippen MR) is 68.7 cm³/mol. The highest BCUT2D eigenvalue weighted by Gasteiger charge is 2.19. The van der Waals surface area contributed by atoms with Crippen LogP contribution in [0.2, 0.25) is 0 Å². The quantitative estimate of drug-likeness (QED) is 0.441. The summed E-state index contributed by atoms with van der Waals surface area (Å²) in [5, 5.41) is 0. The van der Waals surface area contributed by atoms with Crippen LogP contribution in [-0.4, -0.2) is 30.9 Å². The van der Waals surface area contributed by atoms with E-state index in [1.165, 1.54) is 12.1 Å². The summed E-state index contributed by atoms with van der Waals surface area (Å²) in [5.41, 5.74) is -0.0363. The molecule has 4 nitrogen and oxygen atoms in total. The van der Waals surface area contributed by atoms with Crippen molar-refractivity contribution in [1.82, 2.24) is 0 Å². The minimum absolute atomic E-state index is 0.0308. The second kappa shape index (κ2) is 7.79. The Kier molecular flexibility index (Phi) is 6.38. The van der Waals surface area contributed by atoms with Gasteiger partial charge in [0.05, 0.1) is 12.2 Å². The number of ketones is 1. The van der Waals surface area contributed by atoms with Gasteiger partial charge in [-0.25, -0.2) is 4.79 Å². The number of rotatable bonds is 7. The Morgan fingerprint density at radius 1 is 1.30 bits per heavy atom. The van der Waals surface area contributed by atoms with Crippen molar-refractivity contribution in [3.05, 3.63) is 29.3 Å². The third kappa shape index (κ3) is 4.45. The van der Waals surface area contributed by atoms with Gasteiger partial charge in [-0.2, -0.15) is 8.78 Å². The Morgan fingerprint density at radius 3 is 2.55 bits per heavy atom. The molecule has 1 aromatic carbocycles. The molecule has 0 spiro atoms. The number of halogens is 3. The van der Waals surface area contributed by atoms with E-state index in [0.717, 1.165) is 6.07 Å². The lowest BCUT2D eigenvalue weighted by atomic mass is 10.0. The van der Waals surface area contributed by atoms with E-state index in [0.29, 0.717) is 0 Å². The van der Waals surface area contributed by atoms with Crippen LogP contribution in [0.15, 0.2) is 18.2 Å². The van der Waals surface area contributed by atoms with Crippen LogP contribution in [0.5, 0.6) is 5.75 Å². The van der Waals surface area contributed by atoms with Gasteiger partial charge in [-0.1, -0.05) is 0 Å². The van der Waals surface area contributed by atoms with Gasteiger partial charge >= 0.3 is 12.6 Å². The van der Waals surface area contributed by atoms with Crippen LogP contribution in [0, 0.1) is 0 Å². The molecular formula is C13H13ClF2O4. The molecule has 1 aromatic rings. The normalized spacial score (nSPS) is 10.4. The van der Waals surface area contributed by atoms with Crippen LogP contribution in [0.25, 0.3) is 0 Å². The molecule has 110 valence electrons. The summed E-state index contributed by atoms with van der Waals surface area (Å²) in [4.78, 5) is 23.6. The third-order valence-corrected chi connectivity index (χ3v) is 2.52. The van der Waals surface area contributed by atoms with E-state index < -0.39 is 12.6 Å². The van der Waals surface area contributed by atoms with Crippen LogP contribution in [-0.2, 0) is 4.74 Å². The second-order valence-electron chi connectivity index (χ2n) is 3.67. The van der Waals surface area contributed by atoms with E-state index in [4.69, 9.17) is 16.3 Å². The molecule has 0 amide bonds. The number of carbonyl (C=O) groups excluding carboxylic acids is 2. The molecule has 7 heteroatoms. The smallest absolute Gasteiger partial charge is 0.387 e. The van der Waals surface area contributed by atoms with Gasteiger partial charge in [-0.15, -0.1) is 11.6 Å². The summed E-state index contributed by atoms with van der Waals surface area (Å²) < 4.78 is 33.3. The molecule has 0 atom stereocenters. The standard InChI is InChI=1S/C13H13ClF2O4/c1-2-19-12(18)10-7-8(20-13(15)16)3-4-9(10)11(17)5-6-14/h3-4,7,13H,2,5-6H2,1H3. The fraction of sp³-hybridized carbons (Fsp3) is 0.385. The number of alkyl halides is 3. The molecule has 0 saturated heterocycles. The summed E-state index contributed by atoms with van der Waals surface area (Å²) in [6.07, 6.45) is 0.0308. The zero-order chi connectivity index (χ0) is 15.1. The third-order valence-electron chi connectivity index (χ3n) is 2.33. The summed E-state index contributed by atoms with van der Waals surface area (Å²) in [5.74, 6) is -1.27. The number of hydrogen-bond donors (Lipinski definition) is 0. The molecule has 0 aromatic heterocycles. The maximum atomic E-state index is 12.2. The monoisotopic (exact) mass is 306 g/mol. The average molecular weight is 307 g/mol. The first-order valence-corrected chi connectivity index (χ1v) is 6.38. The highest BCUT2D eigenvalue weighted by Crippen LogP contribution is 2.22. The first-order valence-electron chi connectivity index (χ1n) is 5.84. The molecule has 1 rings (SSSR count). The summed E-state index contributed by atoms with van der Waals surface area (Å²) in [7, 11) is 0. The number of Topliss-reactive ketones (excluding diaryl/α,β-unsaturated/α-hetero) is 1. The Hall–Kier alpha value is -1.69. The van der Waals surface area contributed by atoms with Crippen LogP contribution >= 0.6 is 11.6 Å². The molecule has 20 heavy (non-hydrogen) atoms. The zero-order valence-electron chi connectivity index (χ0n) is 10.7. The molecule has 0 unspecified atom stereocenters. The molecule has 0 N–H and O–H groups in total. The SMILES string of the molecule is CCOC(=O)c1cc(OC(F)F)ccc1C(=O)CCCl. The van der Waals surface area contributed by atoms with Gasteiger partial charge in [-0.3, -0.25) is 4.79 Å².